The van der Waals surface area contributed by atoms with Crippen molar-refractivity contribution in [1.29, 1.82) is 0 Å². The summed E-state index contributed by atoms with van der Waals surface area (Å²) in [6.45, 7) is 5.02. The van der Waals surface area contributed by atoms with E-state index in [-0.39, 0.29) is 0 Å². The smallest absolute Gasteiger partial charge is 0.143 e. The highest BCUT2D eigenvalue weighted by Crippen LogP contribution is 2.19. The lowest BCUT2D eigenvalue weighted by molar-refractivity contribution is 0.789. The maximum Gasteiger partial charge on any atom is 0.143 e. The van der Waals surface area contributed by atoms with E-state index in [2.05, 4.69) is 52.9 Å². The molecule has 0 fully saturated rings. The van der Waals surface area contributed by atoms with Gasteiger partial charge in [0, 0.05) is 6.54 Å². The van der Waals surface area contributed by atoms with E-state index in [0.717, 1.165) is 17.9 Å². The molecular weight excluding hydrogens is 262 g/mol. The van der Waals surface area contributed by atoms with Gasteiger partial charge in [-0.05, 0) is 53.1 Å². The lowest BCUT2D eigenvalue weighted by Crippen LogP contribution is -2.05. The average molecular weight is 279 g/mol. The van der Waals surface area contributed by atoms with Crippen LogP contribution in [0, 0.1) is 13.8 Å². The van der Waals surface area contributed by atoms with Gasteiger partial charge in [0.2, 0.25) is 0 Å². The number of anilines is 1. The van der Waals surface area contributed by atoms with E-state index in [1.807, 2.05) is 24.3 Å². The maximum atomic E-state index is 3.94. The van der Waals surface area contributed by atoms with Crippen LogP contribution in [0.15, 0.2) is 48.8 Å². The maximum absolute atomic E-state index is 3.94. The van der Waals surface area contributed by atoms with E-state index in [0.29, 0.717) is 0 Å². The molecule has 0 aliphatic carbocycles. The number of nitrogens with zero attached hydrogens (tertiary/aromatic N) is 4. The molecule has 106 valence electrons. The standard InChI is InChI=1S/C16H17N5/c1-12-7-8-14(9-13(12)2)10-17-15-5-3-4-6-16(15)21-11-18-19-20-21/h3-9,11,17H,10H2,1-2H3. The Morgan fingerprint density at radius 2 is 1.90 bits per heavy atom. The van der Waals surface area contributed by atoms with Crippen molar-refractivity contribution in [2.45, 2.75) is 20.4 Å². The van der Waals surface area contributed by atoms with Gasteiger partial charge in [-0.25, -0.2) is 0 Å². The van der Waals surface area contributed by atoms with E-state index < -0.39 is 0 Å². The topological polar surface area (TPSA) is 55.6 Å². The van der Waals surface area contributed by atoms with Gasteiger partial charge in [-0.2, -0.15) is 4.68 Å². The third kappa shape index (κ3) is 2.91. The molecule has 0 bridgehead atoms. The van der Waals surface area contributed by atoms with E-state index >= 15 is 0 Å². The Labute approximate surface area is 123 Å². The fourth-order valence-electron chi connectivity index (χ4n) is 2.21. The molecule has 21 heavy (non-hydrogen) atoms. The van der Waals surface area contributed by atoms with Gasteiger partial charge in [-0.3, -0.25) is 0 Å². The van der Waals surface area contributed by atoms with Crippen molar-refractivity contribution in [3.05, 3.63) is 65.5 Å². The number of aromatic nitrogens is 4. The van der Waals surface area contributed by atoms with Crippen LogP contribution in [0.4, 0.5) is 5.69 Å². The van der Waals surface area contributed by atoms with Gasteiger partial charge in [0.05, 0.1) is 11.4 Å². The van der Waals surface area contributed by atoms with Crippen LogP contribution in [0.1, 0.15) is 16.7 Å². The van der Waals surface area contributed by atoms with Crippen LogP contribution in [-0.4, -0.2) is 20.2 Å². The predicted molar refractivity (Wildman–Crippen MR) is 82.4 cm³/mol. The van der Waals surface area contributed by atoms with Crippen molar-refractivity contribution >= 4 is 5.69 Å². The molecule has 0 atom stereocenters. The van der Waals surface area contributed by atoms with Crippen molar-refractivity contribution < 1.29 is 0 Å². The minimum atomic E-state index is 0.764. The zero-order valence-corrected chi connectivity index (χ0v) is 12.1. The van der Waals surface area contributed by atoms with Gasteiger partial charge in [-0.15, -0.1) is 5.10 Å². The largest absolute Gasteiger partial charge is 0.379 e. The first-order valence-corrected chi connectivity index (χ1v) is 6.86. The van der Waals surface area contributed by atoms with Crippen LogP contribution in [0.2, 0.25) is 0 Å². The number of para-hydroxylation sites is 2. The third-order valence-electron chi connectivity index (χ3n) is 3.55. The van der Waals surface area contributed by atoms with Gasteiger partial charge in [0.1, 0.15) is 6.33 Å². The zero-order chi connectivity index (χ0) is 14.7. The summed E-state index contributed by atoms with van der Waals surface area (Å²) in [7, 11) is 0. The zero-order valence-electron chi connectivity index (χ0n) is 12.1. The van der Waals surface area contributed by atoms with Crippen molar-refractivity contribution in [3.63, 3.8) is 0 Å². The summed E-state index contributed by atoms with van der Waals surface area (Å²) in [5, 5.41) is 14.8. The SMILES string of the molecule is Cc1ccc(CNc2ccccc2-n2cnnn2)cc1C. The second-order valence-electron chi connectivity index (χ2n) is 5.04. The van der Waals surface area contributed by atoms with Crippen molar-refractivity contribution in [3.8, 4) is 5.69 Å². The molecule has 0 spiro atoms. The molecule has 2 aromatic carbocycles. The monoisotopic (exact) mass is 279 g/mol. The van der Waals surface area contributed by atoms with Crippen molar-refractivity contribution in [1.82, 2.24) is 20.2 Å². The molecule has 0 unspecified atom stereocenters. The lowest BCUT2D eigenvalue weighted by atomic mass is 10.1. The number of tetrazole rings is 1. The van der Waals surface area contributed by atoms with Crippen LogP contribution in [-0.2, 0) is 6.54 Å². The summed E-state index contributed by atoms with van der Waals surface area (Å²) in [4.78, 5) is 0. The van der Waals surface area contributed by atoms with Crippen LogP contribution < -0.4 is 5.32 Å². The number of benzene rings is 2. The summed E-state index contributed by atoms with van der Waals surface area (Å²) in [6.07, 6.45) is 1.59. The van der Waals surface area contributed by atoms with E-state index in [1.54, 1.807) is 11.0 Å². The highest BCUT2D eigenvalue weighted by Gasteiger charge is 2.05. The van der Waals surface area contributed by atoms with Gasteiger partial charge >= 0.3 is 0 Å². The van der Waals surface area contributed by atoms with E-state index in [4.69, 9.17) is 0 Å². The number of nitrogens with one attached hydrogen (secondary N) is 1. The molecular formula is C16H17N5. The minimum absolute atomic E-state index is 0.764. The summed E-state index contributed by atoms with van der Waals surface area (Å²) in [5.74, 6) is 0. The first-order valence-electron chi connectivity index (χ1n) is 6.86. The molecule has 3 rings (SSSR count). The average Bonchev–Trinajstić information content (AvgIpc) is 3.03. The highest BCUT2D eigenvalue weighted by atomic mass is 15.5. The molecule has 3 aromatic rings. The van der Waals surface area contributed by atoms with Crippen LogP contribution in [0.5, 0.6) is 0 Å². The second-order valence-corrected chi connectivity index (χ2v) is 5.04. The number of hydrogen-bond acceptors (Lipinski definition) is 4. The lowest BCUT2D eigenvalue weighted by Gasteiger charge is -2.12. The number of hydrogen-bond donors (Lipinski definition) is 1. The Morgan fingerprint density at radius 1 is 1.05 bits per heavy atom. The van der Waals surface area contributed by atoms with Gasteiger partial charge in [0.25, 0.3) is 0 Å². The normalized spacial score (nSPS) is 10.6. The Hall–Kier alpha value is -2.69. The first kappa shape index (κ1) is 13.3. The van der Waals surface area contributed by atoms with E-state index in [1.165, 1.54) is 16.7 Å². The van der Waals surface area contributed by atoms with Crippen molar-refractivity contribution in [2.24, 2.45) is 0 Å². The molecule has 0 saturated carbocycles. The summed E-state index contributed by atoms with van der Waals surface area (Å²) < 4.78 is 1.66. The predicted octanol–water partition coefficient (Wildman–Crippen LogP) is 2.89. The van der Waals surface area contributed by atoms with Gasteiger partial charge in [-0.1, -0.05) is 30.3 Å². The Morgan fingerprint density at radius 3 is 2.67 bits per heavy atom. The molecule has 0 amide bonds. The molecule has 0 aliphatic rings. The quantitative estimate of drug-likeness (QED) is 0.798. The third-order valence-corrected chi connectivity index (χ3v) is 3.55. The highest BCUT2D eigenvalue weighted by molar-refractivity contribution is 5.60. The second kappa shape index (κ2) is 5.75. The summed E-state index contributed by atoms with van der Waals surface area (Å²) in [5.41, 5.74) is 5.81. The number of rotatable bonds is 4. The molecule has 1 aromatic heterocycles. The van der Waals surface area contributed by atoms with Crippen LogP contribution in [0.3, 0.4) is 0 Å². The molecule has 1 N–H and O–H groups in total. The van der Waals surface area contributed by atoms with Crippen molar-refractivity contribution in [2.75, 3.05) is 5.32 Å². The summed E-state index contributed by atoms with van der Waals surface area (Å²) in [6, 6.07) is 14.5. The Balaban J connectivity index is 1.81. The molecule has 5 heteroatoms. The van der Waals surface area contributed by atoms with Crippen LogP contribution in [0.25, 0.3) is 5.69 Å². The fraction of sp³-hybridized carbons (Fsp3) is 0.188. The first-order chi connectivity index (χ1) is 10.2. The Bertz CT molecular complexity index is 734. The summed E-state index contributed by atoms with van der Waals surface area (Å²) >= 11 is 0. The van der Waals surface area contributed by atoms with E-state index in [9.17, 15) is 0 Å². The van der Waals surface area contributed by atoms with Gasteiger partial charge in [0.15, 0.2) is 0 Å². The molecule has 1 heterocycles. The fourth-order valence-corrected chi connectivity index (χ4v) is 2.21. The number of aryl methyl sites for hydroxylation is 2. The molecule has 0 aliphatic heterocycles. The van der Waals surface area contributed by atoms with Gasteiger partial charge < -0.3 is 5.32 Å². The Kier molecular flexibility index (Phi) is 3.64. The van der Waals surface area contributed by atoms with Crippen LogP contribution >= 0.6 is 0 Å². The molecule has 5 nitrogen and oxygen atoms in total. The minimum Gasteiger partial charge on any atom is -0.379 e. The molecule has 0 radical (unpaired) electrons. The molecule has 0 saturated heterocycles.